The number of nitro benzene ring substituents is 1. The standard InChI is InChI=1S/C12H14ClNO6S/c1-7(2)8(3)20-12(15)9-4-10(14(16)17)6-11(5-9)21(13,18)19/h4-8H,1-3H3. The van der Waals surface area contributed by atoms with E-state index in [-0.39, 0.29) is 11.5 Å². The van der Waals surface area contributed by atoms with Crippen LogP contribution >= 0.6 is 10.7 Å². The Balaban J connectivity index is 3.26. The number of nitro groups is 1. The minimum atomic E-state index is -4.20. The van der Waals surface area contributed by atoms with Crippen LogP contribution in [-0.2, 0) is 13.8 Å². The summed E-state index contributed by atoms with van der Waals surface area (Å²) >= 11 is 0. The summed E-state index contributed by atoms with van der Waals surface area (Å²) in [6.45, 7) is 5.33. The van der Waals surface area contributed by atoms with Crippen molar-refractivity contribution in [2.45, 2.75) is 31.8 Å². The van der Waals surface area contributed by atoms with Crippen LogP contribution in [0.2, 0.25) is 0 Å². The topological polar surface area (TPSA) is 104 Å². The predicted octanol–water partition coefficient (Wildman–Crippen LogP) is 2.72. The van der Waals surface area contributed by atoms with Crippen molar-refractivity contribution in [3.8, 4) is 0 Å². The molecule has 0 aliphatic heterocycles. The highest BCUT2D eigenvalue weighted by molar-refractivity contribution is 8.13. The minimum absolute atomic E-state index is 0.0453. The molecule has 1 unspecified atom stereocenters. The number of nitrogens with zero attached hydrogens (tertiary/aromatic N) is 1. The zero-order chi connectivity index (χ0) is 16.4. The van der Waals surface area contributed by atoms with Crippen molar-refractivity contribution in [1.29, 1.82) is 0 Å². The van der Waals surface area contributed by atoms with Crippen LogP contribution < -0.4 is 0 Å². The van der Waals surface area contributed by atoms with E-state index in [1.165, 1.54) is 0 Å². The van der Waals surface area contributed by atoms with Gasteiger partial charge in [-0.2, -0.15) is 0 Å². The first-order chi connectivity index (χ1) is 9.52. The van der Waals surface area contributed by atoms with Crippen molar-refractivity contribution in [3.05, 3.63) is 33.9 Å². The van der Waals surface area contributed by atoms with Crippen LogP contribution in [0.4, 0.5) is 5.69 Å². The van der Waals surface area contributed by atoms with E-state index in [9.17, 15) is 23.3 Å². The molecule has 0 aliphatic rings. The van der Waals surface area contributed by atoms with Crippen LogP contribution in [0.5, 0.6) is 0 Å². The van der Waals surface area contributed by atoms with Gasteiger partial charge in [-0.15, -0.1) is 0 Å². The second-order valence-electron chi connectivity index (χ2n) is 4.76. The fourth-order valence-corrected chi connectivity index (χ4v) is 2.12. The van der Waals surface area contributed by atoms with Gasteiger partial charge in [-0.05, 0) is 18.9 Å². The zero-order valence-corrected chi connectivity index (χ0v) is 13.1. The molecule has 0 aliphatic carbocycles. The van der Waals surface area contributed by atoms with Gasteiger partial charge in [0, 0.05) is 22.8 Å². The largest absolute Gasteiger partial charge is 0.459 e. The van der Waals surface area contributed by atoms with Crippen molar-refractivity contribution in [2.24, 2.45) is 5.92 Å². The summed E-state index contributed by atoms with van der Waals surface area (Å²) in [5.41, 5.74) is -0.795. The molecule has 0 saturated heterocycles. The number of hydrogen-bond donors (Lipinski definition) is 0. The van der Waals surface area contributed by atoms with Crippen LogP contribution in [-0.4, -0.2) is 25.4 Å². The summed E-state index contributed by atoms with van der Waals surface area (Å²) < 4.78 is 27.7. The van der Waals surface area contributed by atoms with Crippen LogP contribution in [0.1, 0.15) is 31.1 Å². The van der Waals surface area contributed by atoms with Crippen molar-refractivity contribution in [1.82, 2.24) is 0 Å². The minimum Gasteiger partial charge on any atom is -0.459 e. The third-order valence-corrected chi connectivity index (χ3v) is 4.18. The number of carbonyl (C=O) groups is 1. The summed E-state index contributed by atoms with van der Waals surface area (Å²) in [6.07, 6.45) is -0.423. The average molecular weight is 336 g/mol. The maximum absolute atomic E-state index is 11.9. The van der Waals surface area contributed by atoms with Gasteiger partial charge in [-0.25, -0.2) is 13.2 Å². The summed E-state index contributed by atoms with van der Waals surface area (Å²) in [5, 5.41) is 10.8. The Morgan fingerprint density at radius 2 is 1.86 bits per heavy atom. The molecule has 9 heteroatoms. The predicted molar refractivity (Wildman–Crippen MR) is 75.9 cm³/mol. The SMILES string of the molecule is CC(C)C(C)OC(=O)c1cc([N+](=O)[O-])cc(S(=O)(=O)Cl)c1. The Morgan fingerprint density at radius 3 is 2.29 bits per heavy atom. The second-order valence-corrected chi connectivity index (χ2v) is 7.33. The molecular weight excluding hydrogens is 322 g/mol. The van der Waals surface area contributed by atoms with Crippen molar-refractivity contribution in [3.63, 3.8) is 0 Å². The molecule has 1 aromatic rings. The van der Waals surface area contributed by atoms with Gasteiger partial charge in [-0.3, -0.25) is 10.1 Å². The smallest absolute Gasteiger partial charge is 0.338 e. The Morgan fingerprint density at radius 1 is 1.29 bits per heavy atom. The van der Waals surface area contributed by atoms with Crippen molar-refractivity contribution >= 4 is 31.4 Å². The molecule has 0 saturated carbocycles. The van der Waals surface area contributed by atoms with Gasteiger partial charge in [0.1, 0.15) is 6.10 Å². The average Bonchev–Trinajstić information content (AvgIpc) is 2.36. The molecule has 0 fully saturated rings. The van der Waals surface area contributed by atoms with Crippen molar-refractivity contribution < 1.29 is 22.9 Å². The van der Waals surface area contributed by atoms with E-state index in [0.29, 0.717) is 0 Å². The number of hydrogen-bond acceptors (Lipinski definition) is 6. The Labute approximate surface area is 126 Å². The quantitative estimate of drug-likeness (QED) is 0.354. The Hall–Kier alpha value is -1.67. The molecule has 116 valence electrons. The van der Waals surface area contributed by atoms with Crippen LogP contribution in [0, 0.1) is 16.0 Å². The number of esters is 1. The van der Waals surface area contributed by atoms with E-state index in [1.807, 2.05) is 13.8 Å². The molecule has 0 amide bonds. The Bertz CT molecular complexity index is 670. The van der Waals surface area contributed by atoms with Gasteiger partial charge in [0.25, 0.3) is 14.7 Å². The molecule has 1 aromatic carbocycles. The van der Waals surface area contributed by atoms with E-state index in [0.717, 1.165) is 18.2 Å². The lowest BCUT2D eigenvalue weighted by atomic mass is 10.1. The molecule has 1 atom stereocenters. The van der Waals surface area contributed by atoms with E-state index in [4.69, 9.17) is 15.4 Å². The normalized spacial score (nSPS) is 13.0. The zero-order valence-electron chi connectivity index (χ0n) is 11.6. The molecule has 1 rings (SSSR count). The summed E-state index contributed by atoms with van der Waals surface area (Å²) in [7, 11) is 0.966. The monoisotopic (exact) mass is 335 g/mol. The third kappa shape index (κ3) is 4.68. The lowest BCUT2D eigenvalue weighted by molar-refractivity contribution is -0.385. The fourth-order valence-electron chi connectivity index (χ4n) is 1.32. The number of carbonyl (C=O) groups excluding carboxylic acids is 1. The molecule has 0 heterocycles. The summed E-state index contributed by atoms with van der Waals surface area (Å²) in [6, 6.07) is 2.68. The second kappa shape index (κ2) is 6.40. The van der Waals surface area contributed by atoms with E-state index in [2.05, 4.69) is 0 Å². The van der Waals surface area contributed by atoms with Gasteiger partial charge in [0.05, 0.1) is 15.4 Å². The van der Waals surface area contributed by atoms with Crippen LogP contribution in [0.3, 0.4) is 0 Å². The first-order valence-corrected chi connectivity index (χ1v) is 8.28. The molecule has 0 radical (unpaired) electrons. The highest BCUT2D eigenvalue weighted by Gasteiger charge is 2.22. The molecule has 0 spiro atoms. The molecule has 0 N–H and O–H groups in total. The molecule has 0 bridgehead atoms. The van der Waals surface area contributed by atoms with Gasteiger partial charge < -0.3 is 4.74 Å². The number of halogens is 1. The Kier molecular flexibility index (Phi) is 5.30. The maximum atomic E-state index is 11.9. The number of rotatable bonds is 5. The number of benzene rings is 1. The first kappa shape index (κ1) is 17.4. The van der Waals surface area contributed by atoms with Crippen molar-refractivity contribution in [2.75, 3.05) is 0 Å². The summed E-state index contributed by atoms with van der Waals surface area (Å²) in [4.78, 5) is 21.4. The van der Waals surface area contributed by atoms with E-state index in [1.54, 1.807) is 6.92 Å². The van der Waals surface area contributed by atoms with E-state index < -0.39 is 36.6 Å². The van der Waals surface area contributed by atoms with Gasteiger partial charge in [0.2, 0.25) is 0 Å². The van der Waals surface area contributed by atoms with Gasteiger partial charge in [0.15, 0.2) is 0 Å². The maximum Gasteiger partial charge on any atom is 0.338 e. The number of ether oxygens (including phenoxy) is 1. The van der Waals surface area contributed by atoms with E-state index >= 15 is 0 Å². The molecular formula is C12H14ClNO6S. The molecule has 7 nitrogen and oxygen atoms in total. The first-order valence-electron chi connectivity index (χ1n) is 5.97. The van der Waals surface area contributed by atoms with Gasteiger partial charge >= 0.3 is 5.97 Å². The third-order valence-electron chi connectivity index (χ3n) is 2.85. The number of non-ortho nitro benzene ring substituents is 1. The van der Waals surface area contributed by atoms with Crippen LogP contribution in [0.25, 0.3) is 0 Å². The van der Waals surface area contributed by atoms with Crippen LogP contribution in [0.15, 0.2) is 23.1 Å². The lowest BCUT2D eigenvalue weighted by Gasteiger charge is -2.16. The fraction of sp³-hybridized carbons (Fsp3) is 0.417. The summed E-state index contributed by atoms with van der Waals surface area (Å²) in [5.74, 6) is -0.801. The molecule has 21 heavy (non-hydrogen) atoms. The lowest BCUT2D eigenvalue weighted by Crippen LogP contribution is -2.20. The molecule has 0 aromatic heterocycles. The highest BCUT2D eigenvalue weighted by Crippen LogP contribution is 2.24. The highest BCUT2D eigenvalue weighted by atomic mass is 35.7. The van der Waals surface area contributed by atoms with Gasteiger partial charge in [-0.1, -0.05) is 13.8 Å².